The van der Waals surface area contributed by atoms with Crippen molar-refractivity contribution in [2.45, 2.75) is 6.92 Å². The van der Waals surface area contributed by atoms with Crippen molar-refractivity contribution < 1.29 is 9.53 Å². The van der Waals surface area contributed by atoms with Crippen molar-refractivity contribution >= 4 is 38.8 Å². The number of hydrogen-bond donors (Lipinski definition) is 1. The van der Waals surface area contributed by atoms with Gasteiger partial charge in [-0.2, -0.15) is 4.98 Å². The molecule has 3 aromatic heterocycles. The largest absolute Gasteiger partial charge is 0.438 e. The van der Waals surface area contributed by atoms with E-state index >= 15 is 0 Å². The molecule has 0 aliphatic rings. The third kappa shape index (κ3) is 2.99. The number of carbonyl (C=O) groups is 1. The highest BCUT2D eigenvalue weighted by Gasteiger charge is 2.17. The van der Waals surface area contributed by atoms with Gasteiger partial charge in [0, 0.05) is 21.4 Å². The summed E-state index contributed by atoms with van der Waals surface area (Å²) in [7, 11) is 0. The molecule has 4 aromatic rings. The highest BCUT2D eigenvalue weighted by molar-refractivity contribution is 7.18. The second-order valence-electron chi connectivity index (χ2n) is 5.38. The van der Waals surface area contributed by atoms with Gasteiger partial charge in [-0.15, -0.1) is 22.7 Å². The molecule has 1 aromatic carbocycles. The van der Waals surface area contributed by atoms with E-state index in [4.69, 9.17) is 10.5 Å². The Morgan fingerprint density at radius 2 is 2.04 bits per heavy atom. The maximum absolute atomic E-state index is 11.4. The number of ether oxygens (including phenoxy) is 1. The molecule has 0 fully saturated rings. The zero-order valence-corrected chi connectivity index (χ0v) is 14.9. The number of amides is 1. The highest BCUT2D eigenvalue weighted by Crippen LogP contribution is 2.40. The number of nitrogens with zero attached hydrogens (tertiary/aromatic N) is 2. The standard InChI is InChI=1S/C18H13N3O2S2/c1-10-20-17(23-12-5-2-4-11(8-12)16(19)22)15-13(9-25-18(15)21-10)14-6-3-7-24-14/h2-9H,1H3,(H2,19,22). The maximum Gasteiger partial charge on any atom is 0.248 e. The molecular formula is C18H13N3O2S2. The number of aryl methyl sites for hydroxylation is 1. The number of benzene rings is 1. The zero-order valence-electron chi connectivity index (χ0n) is 13.2. The minimum Gasteiger partial charge on any atom is -0.438 e. The lowest BCUT2D eigenvalue weighted by Gasteiger charge is -2.09. The van der Waals surface area contributed by atoms with Crippen molar-refractivity contribution in [3.8, 4) is 22.1 Å². The molecule has 25 heavy (non-hydrogen) atoms. The van der Waals surface area contributed by atoms with E-state index in [0.29, 0.717) is 23.0 Å². The monoisotopic (exact) mass is 367 g/mol. The SMILES string of the molecule is Cc1nc(Oc2cccc(C(N)=O)c2)c2c(-c3cccs3)csc2n1. The molecule has 2 N–H and O–H groups in total. The Balaban J connectivity index is 1.85. The van der Waals surface area contributed by atoms with Crippen LogP contribution in [0.5, 0.6) is 11.6 Å². The summed E-state index contributed by atoms with van der Waals surface area (Å²) >= 11 is 3.22. The molecule has 0 bridgehead atoms. The molecule has 4 rings (SSSR count). The summed E-state index contributed by atoms with van der Waals surface area (Å²) < 4.78 is 6.01. The van der Waals surface area contributed by atoms with Crippen LogP contribution in [-0.2, 0) is 0 Å². The van der Waals surface area contributed by atoms with Crippen molar-refractivity contribution in [1.82, 2.24) is 9.97 Å². The second kappa shape index (κ2) is 6.27. The fourth-order valence-corrected chi connectivity index (χ4v) is 4.32. The molecule has 0 radical (unpaired) electrons. The summed E-state index contributed by atoms with van der Waals surface area (Å²) in [6.07, 6.45) is 0. The number of rotatable bonds is 4. The number of hydrogen-bond acceptors (Lipinski definition) is 6. The third-order valence-electron chi connectivity index (χ3n) is 3.63. The van der Waals surface area contributed by atoms with E-state index in [1.807, 2.05) is 18.4 Å². The van der Waals surface area contributed by atoms with Gasteiger partial charge in [0.05, 0.1) is 5.39 Å². The minimum atomic E-state index is -0.496. The molecule has 1 amide bonds. The smallest absolute Gasteiger partial charge is 0.248 e. The van der Waals surface area contributed by atoms with Crippen LogP contribution < -0.4 is 10.5 Å². The fraction of sp³-hybridized carbons (Fsp3) is 0.0556. The lowest BCUT2D eigenvalue weighted by molar-refractivity contribution is 0.1000. The average Bonchev–Trinajstić information content (AvgIpc) is 3.23. The van der Waals surface area contributed by atoms with Gasteiger partial charge in [-0.05, 0) is 36.6 Å². The van der Waals surface area contributed by atoms with E-state index in [-0.39, 0.29) is 0 Å². The molecule has 0 aliphatic carbocycles. The van der Waals surface area contributed by atoms with Crippen molar-refractivity contribution in [2.75, 3.05) is 0 Å². The number of aromatic nitrogens is 2. The molecule has 0 atom stereocenters. The molecule has 3 heterocycles. The fourth-order valence-electron chi connectivity index (χ4n) is 2.52. The summed E-state index contributed by atoms with van der Waals surface area (Å²) in [4.78, 5) is 22.4. The summed E-state index contributed by atoms with van der Waals surface area (Å²) in [6, 6.07) is 10.8. The van der Waals surface area contributed by atoms with Gasteiger partial charge < -0.3 is 10.5 Å². The third-order valence-corrected chi connectivity index (χ3v) is 5.41. The van der Waals surface area contributed by atoms with E-state index in [1.54, 1.807) is 46.9 Å². The van der Waals surface area contributed by atoms with Crippen LogP contribution >= 0.6 is 22.7 Å². The first kappa shape index (κ1) is 15.7. The molecule has 0 saturated heterocycles. The molecule has 124 valence electrons. The van der Waals surface area contributed by atoms with E-state index in [2.05, 4.69) is 21.4 Å². The maximum atomic E-state index is 11.4. The first-order valence-electron chi connectivity index (χ1n) is 7.49. The zero-order chi connectivity index (χ0) is 17.4. The Morgan fingerprint density at radius 3 is 2.80 bits per heavy atom. The molecule has 0 spiro atoms. The van der Waals surface area contributed by atoms with Crippen LogP contribution in [0.3, 0.4) is 0 Å². The van der Waals surface area contributed by atoms with Crippen LogP contribution in [-0.4, -0.2) is 15.9 Å². The van der Waals surface area contributed by atoms with Crippen molar-refractivity contribution in [2.24, 2.45) is 5.73 Å². The predicted octanol–water partition coefficient (Wildman–Crippen LogP) is 4.62. The van der Waals surface area contributed by atoms with Crippen LogP contribution in [0.25, 0.3) is 20.7 Å². The van der Waals surface area contributed by atoms with Crippen LogP contribution in [0.4, 0.5) is 0 Å². The number of fused-ring (bicyclic) bond motifs is 1. The predicted molar refractivity (Wildman–Crippen MR) is 100 cm³/mol. The molecule has 0 unspecified atom stereocenters. The minimum absolute atomic E-state index is 0.392. The lowest BCUT2D eigenvalue weighted by Crippen LogP contribution is -2.10. The van der Waals surface area contributed by atoms with Gasteiger partial charge >= 0.3 is 0 Å². The average molecular weight is 367 g/mol. The molecule has 5 nitrogen and oxygen atoms in total. The summed E-state index contributed by atoms with van der Waals surface area (Å²) in [5.41, 5.74) is 6.79. The van der Waals surface area contributed by atoms with Crippen molar-refractivity contribution in [3.63, 3.8) is 0 Å². The number of nitrogens with two attached hydrogens (primary N) is 1. The van der Waals surface area contributed by atoms with Gasteiger partial charge in [-0.25, -0.2) is 4.98 Å². The Bertz CT molecular complexity index is 1070. The Labute approximate surface area is 151 Å². The van der Waals surface area contributed by atoms with Gasteiger partial charge in [0.15, 0.2) is 0 Å². The van der Waals surface area contributed by atoms with Gasteiger partial charge in [0.1, 0.15) is 16.4 Å². The molecule has 7 heteroatoms. The Hall–Kier alpha value is -2.77. The number of thiophene rings is 2. The first-order valence-corrected chi connectivity index (χ1v) is 9.25. The van der Waals surface area contributed by atoms with E-state index in [0.717, 1.165) is 20.7 Å². The first-order chi connectivity index (χ1) is 12.1. The molecular weight excluding hydrogens is 354 g/mol. The number of carbonyl (C=O) groups excluding carboxylic acids is 1. The Kier molecular flexibility index (Phi) is 3.95. The number of primary amides is 1. The van der Waals surface area contributed by atoms with Crippen LogP contribution in [0.1, 0.15) is 16.2 Å². The van der Waals surface area contributed by atoms with Gasteiger partial charge in [0.25, 0.3) is 0 Å². The van der Waals surface area contributed by atoms with Gasteiger partial charge in [-0.1, -0.05) is 12.1 Å². The topological polar surface area (TPSA) is 78.1 Å². The van der Waals surface area contributed by atoms with Gasteiger partial charge in [-0.3, -0.25) is 4.79 Å². The van der Waals surface area contributed by atoms with E-state index < -0.39 is 5.91 Å². The summed E-state index contributed by atoms with van der Waals surface area (Å²) in [6.45, 7) is 1.83. The van der Waals surface area contributed by atoms with Gasteiger partial charge in [0.2, 0.25) is 11.8 Å². The normalized spacial score (nSPS) is 10.9. The van der Waals surface area contributed by atoms with Crippen LogP contribution in [0.15, 0.2) is 47.2 Å². The van der Waals surface area contributed by atoms with Crippen LogP contribution in [0.2, 0.25) is 0 Å². The van der Waals surface area contributed by atoms with Crippen molar-refractivity contribution in [1.29, 1.82) is 0 Å². The lowest BCUT2D eigenvalue weighted by atomic mass is 10.2. The van der Waals surface area contributed by atoms with Crippen LogP contribution in [0, 0.1) is 6.92 Å². The summed E-state index contributed by atoms with van der Waals surface area (Å²) in [5.74, 6) is 1.13. The molecule has 0 aliphatic heterocycles. The summed E-state index contributed by atoms with van der Waals surface area (Å²) in [5, 5.41) is 4.98. The van der Waals surface area contributed by atoms with E-state index in [9.17, 15) is 4.79 Å². The quantitative estimate of drug-likeness (QED) is 0.571. The Morgan fingerprint density at radius 1 is 1.16 bits per heavy atom. The molecule has 0 saturated carbocycles. The van der Waals surface area contributed by atoms with Crippen molar-refractivity contribution in [3.05, 3.63) is 58.5 Å². The second-order valence-corrected chi connectivity index (χ2v) is 7.18. The highest BCUT2D eigenvalue weighted by atomic mass is 32.1. The van der Waals surface area contributed by atoms with E-state index in [1.165, 1.54) is 0 Å².